The Labute approximate surface area is 165 Å². The van der Waals surface area contributed by atoms with Crippen LogP contribution in [0.2, 0.25) is 0 Å². The van der Waals surface area contributed by atoms with Gasteiger partial charge < -0.3 is 10.2 Å². The van der Waals surface area contributed by atoms with E-state index in [0.717, 1.165) is 5.56 Å². The van der Waals surface area contributed by atoms with E-state index in [4.69, 9.17) is 0 Å². The van der Waals surface area contributed by atoms with Crippen LogP contribution >= 0.6 is 0 Å². The Balaban J connectivity index is 1.48. The second-order valence-electron chi connectivity index (χ2n) is 7.21. The van der Waals surface area contributed by atoms with Crippen LogP contribution in [0.4, 0.5) is 4.39 Å². The molecular weight excluding hydrogens is 357 g/mol. The molecule has 3 rings (SSSR count). The van der Waals surface area contributed by atoms with Crippen molar-refractivity contribution in [2.45, 2.75) is 26.4 Å². The molecule has 6 heteroatoms. The van der Waals surface area contributed by atoms with Gasteiger partial charge in [-0.2, -0.15) is 0 Å². The summed E-state index contributed by atoms with van der Waals surface area (Å²) in [6.07, 6.45) is 0. The standard InChI is InChI=1S/C22H26FN3O2/c1-16-3-5-18(6-4-16)15-24-21(27)17(2)25-11-13-26(14-12-25)22(28)19-7-9-20(23)10-8-19/h3-10,17H,11-15H2,1-2H3,(H,24,27). The summed E-state index contributed by atoms with van der Waals surface area (Å²) in [6.45, 7) is 6.79. The molecule has 0 radical (unpaired) electrons. The molecule has 148 valence electrons. The maximum absolute atomic E-state index is 13.0. The maximum atomic E-state index is 13.0. The minimum Gasteiger partial charge on any atom is -0.351 e. The van der Waals surface area contributed by atoms with Crippen LogP contribution in [0.5, 0.6) is 0 Å². The molecule has 1 unspecified atom stereocenters. The van der Waals surface area contributed by atoms with Gasteiger partial charge >= 0.3 is 0 Å². The minimum atomic E-state index is -0.355. The molecule has 0 aliphatic carbocycles. The Kier molecular flexibility index (Phi) is 6.41. The predicted molar refractivity (Wildman–Crippen MR) is 106 cm³/mol. The lowest BCUT2D eigenvalue weighted by molar-refractivity contribution is -0.126. The van der Waals surface area contributed by atoms with Crippen LogP contribution in [-0.4, -0.2) is 53.8 Å². The molecule has 2 aromatic carbocycles. The SMILES string of the molecule is Cc1ccc(CNC(=O)C(C)N2CCN(C(=O)c3ccc(F)cc3)CC2)cc1. The lowest BCUT2D eigenvalue weighted by Crippen LogP contribution is -2.54. The number of carbonyl (C=O) groups is 2. The Bertz CT molecular complexity index is 813. The van der Waals surface area contributed by atoms with Gasteiger partial charge in [0.15, 0.2) is 0 Å². The fourth-order valence-corrected chi connectivity index (χ4v) is 3.30. The van der Waals surface area contributed by atoms with Crippen molar-refractivity contribution in [3.05, 3.63) is 71.0 Å². The van der Waals surface area contributed by atoms with Crippen molar-refractivity contribution < 1.29 is 14.0 Å². The van der Waals surface area contributed by atoms with E-state index in [1.807, 2.05) is 38.1 Å². The number of halogens is 1. The van der Waals surface area contributed by atoms with Crippen LogP contribution in [0.15, 0.2) is 48.5 Å². The lowest BCUT2D eigenvalue weighted by Gasteiger charge is -2.37. The fraction of sp³-hybridized carbons (Fsp3) is 0.364. The van der Waals surface area contributed by atoms with Crippen molar-refractivity contribution in [1.29, 1.82) is 0 Å². The Morgan fingerprint density at radius 1 is 1.00 bits per heavy atom. The topological polar surface area (TPSA) is 52.7 Å². The Morgan fingerprint density at radius 2 is 1.61 bits per heavy atom. The van der Waals surface area contributed by atoms with Crippen LogP contribution in [0.3, 0.4) is 0 Å². The van der Waals surface area contributed by atoms with E-state index >= 15 is 0 Å². The second-order valence-corrected chi connectivity index (χ2v) is 7.21. The number of benzene rings is 2. The lowest BCUT2D eigenvalue weighted by atomic mass is 10.1. The highest BCUT2D eigenvalue weighted by Gasteiger charge is 2.27. The van der Waals surface area contributed by atoms with Gasteiger partial charge in [-0.3, -0.25) is 14.5 Å². The van der Waals surface area contributed by atoms with E-state index < -0.39 is 0 Å². The van der Waals surface area contributed by atoms with Crippen LogP contribution in [0.1, 0.15) is 28.4 Å². The summed E-state index contributed by atoms with van der Waals surface area (Å²) in [5, 5.41) is 2.98. The maximum Gasteiger partial charge on any atom is 0.253 e. The largest absolute Gasteiger partial charge is 0.351 e. The number of carbonyl (C=O) groups excluding carboxylic acids is 2. The monoisotopic (exact) mass is 383 g/mol. The van der Waals surface area contributed by atoms with E-state index in [9.17, 15) is 14.0 Å². The first-order chi connectivity index (χ1) is 13.4. The summed E-state index contributed by atoms with van der Waals surface area (Å²) >= 11 is 0. The Morgan fingerprint density at radius 3 is 2.21 bits per heavy atom. The van der Waals surface area contributed by atoms with Crippen LogP contribution < -0.4 is 5.32 Å². The molecule has 1 heterocycles. The van der Waals surface area contributed by atoms with Gasteiger partial charge in [0.2, 0.25) is 5.91 Å². The molecule has 5 nitrogen and oxygen atoms in total. The molecule has 2 amide bonds. The Hall–Kier alpha value is -2.73. The predicted octanol–water partition coefficient (Wildman–Crippen LogP) is 2.60. The first-order valence-electron chi connectivity index (χ1n) is 9.56. The molecule has 1 N–H and O–H groups in total. The third-order valence-corrected chi connectivity index (χ3v) is 5.21. The number of hydrogen-bond donors (Lipinski definition) is 1. The number of rotatable bonds is 5. The number of aryl methyl sites for hydroxylation is 1. The highest BCUT2D eigenvalue weighted by molar-refractivity contribution is 5.94. The summed E-state index contributed by atoms with van der Waals surface area (Å²) in [5.74, 6) is -0.471. The fourth-order valence-electron chi connectivity index (χ4n) is 3.30. The molecule has 28 heavy (non-hydrogen) atoms. The molecule has 0 aromatic heterocycles. The third kappa shape index (κ3) is 4.95. The minimum absolute atomic E-state index is 0.0149. The number of hydrogen-bond acceptors (Lipinski definition) is 3. The quantitative estimate of drug-likeness (QED) is 0.864. The van der Waals surface area contributed by atoms with E-state index in [-0.39, 0.29) is 23.7 Å². The van der Waals surface area contributed by atoms with Crippen molar-refractivity contribution in [3.63, 3.8) is 0 Å². The first-order valence-corrected chi connectivity index (χ1v) is 9.56. The number of nitrogens with one attached hydrogen (secondary N) is 1. The van der Waals surface area contributed by atoms with Gasteiger partial charge in [-0.25, -0.2) is 4.39 Å². The van der Waals surface area contributed by atoms with Crippen molar-refractivity contribution in [3.8, 4) is 0 Å². The molecular formula is C22H26FN3O2. The van der Waals surface area contributed by atoms with Crippen molar-refractivity contribution in [1.82, 2.24) is 15.1 Å². The summed E-state index contributed by atoms with van der Waals surface area (Å²) < 4.78 is 13.0. The smallest absolute Gasteiger partial charge is 0.253 e. The van der Waals surface area contributed by atoms with Crippen LogP contribution in [0, 0.1) is 12.7 Å². The second kappa shape index (κ2) is 8.97. The molecule has 1 aliphatic heterocycles. The van der Waals surface area contributed by atoms with Crippen LogP contribution in [-0.2, 0) is 11.3 Å². The summed E-state index contributed by atoms with van der Waals surface area (Å²) in [5.41, 5.74) is 2.75. The zero-order chi connectivity index (χ0) is 20.1. The number of piperazine rings is 1. The molecule has 2 aromatic rings. The molecule has 1 atom stereocenters. The molecule has 0 bridgehead atoms. The molecule has 1 fully saturated rings. The van der Waals surface area contributed by atoms with E-state index in [1.54, 1.807) is 4.90 Å². The third-order valence-electron chi connectivity index (χ3n) is 5.21. The number of nitrogens with zero attached hydrogens (tertiary/aromatic N) is 2. The summed E-state index contributed by atoms with van der Waals surface area (Å²) in [6, 6.07) is 13.4. The highest BCUT2D eigenvalue weighted by Crippen LogP contribution is 2.12. The van der Waals surface area contributed by atoms with Crippen LogP contribution in [0.25, 0.3) is 0 Å². The van der Waals surface area contributed by atoms with Gasteiger partial charge in [-0.15, -0.1) is 0 Å². The van der Waals surface area contributed by atoms with E-state index in [1.165, 1.54) is 29.8 Å². The van der Waals surface area contributed by atoms with Crippen molar-refractivity contribution >= 4 is 11.8 Å². The average Bonchev–Trinajstić information content (AvgIpc) is 2.73. The van der Waals surface area contributed by atoms with Gasteiger partial charge in [0.25, 0.3) is 5.91 Å². The van der Waals surface area contributed by atoms with Gasteiger partial charge in [0, 0.05) is 38.3 Å². The molecule has 0 spiro atoms. The average molecular weight is 383 g/mol. The first kappa shape index (κ1) is 20.0. The summed E-state index contributed by atoms with van der Waals surface area (Å²) in [4.78, 5) is 28.8. The van der Waals surface area contributed by atoms with E-state index in [2.05, 4.69) is 10.2 Å². The zero-order valence-electron chi connectivity index (χ0n) is 16.3. The summed E-state index contributed by atoms with van der Waals surface area (Å²) in [7, 11) is 0. The number of amides is 2. The highest BCUT2D eigenvalue weighted by atomic mass is 19.1. The van der Waals surface area contributed by atoms with Crippen molar-refractivity contribution in [2.75, 3.05) is 26.2 Å². The van der Waals surface area contributed by atoms with Gasteiger partial charge in [0.1, 0.15) is 5.82 Å². The van der Waals surface area contributed by atoms with Crippen molar-refractivity contribution in [2.24, 2.45) is 0 Å². The van der Waals surface area contributed by atoms with Gasteiger partial charge in [0.05, 0.1) is 6.04 Å². The molecule has 1 saturated heterocycles. The molecule has 0 saturated carbocycles. The normalized spacial score (nSPS) is 15.9. The zero-order valence-corrected chi connectivity index (χ0v) is 16.3. The molecule has 1 aliphatic rings. The van der Waals surface area contributed by atoms with E-state index in [0.29, 0.717) is 38.3 Å². The van der Waals surface area contributed by atoms with Gasteiger partial charge in [-0.05, 0) is 43.7 Å². The van der Waals surface area contributed by atoms with Gasteiger partial charge in [-0.1, -0.05) is 29.8 Å².